The lowest BCUT2D eigenvalue weighted by molar-refractivity contribution is 0.0696. The van der Waals surface area contributed by atoms with E-state index in [0.29, 0.717) is 31.1 Å². The minimum absolute atomic E-state index is 0.00978. The summed E-state index contributed by atoms with van der Waals surface area (Å²) in [5.41, 5.74) is 9.42. The van der Waals surface area contributed by atoms with Crippen LogP contribution in [0, 0.1) is 0 Å². The molecule has 7 rings (SSSR count). The fourth-order valence-electron chi connectivity index (χ4n) is 6.20. The van der Waals surface area contributed by atoms with Crippen LogP contribution in [-0.2, 0) is 26.5 Å². The van der Waals surface area contributed by atoms with Gasteiger partial charge in [0.05, 0.1) is 28.9 Å². The van der Waals surface area contributed by atoms with Crippen molar-refractivity contribution in [1.82, 2.24) is 14.5 Å². The first kappa shape index (κ1) is 31.6. The average Bonchev–Trinajstić information content (AvgIpc) is 3.43. The minimum atomic E-state index is -0.968. The number of rotatable bonds is 6. The SMILES string of the molecule is C/C=C\C(=O)c1ccc(-c2ccc3c(c2)CCCOc2cc(ccc2Cc2nc4ccc(C(=O)O)cc4n2C)-c2cccc(n2)OC3)cc1. The normalized spacial score (nSPS) is 12.9. The highest BCUT2D eigenvalue weighted by atomic mass is 16.5. The molecule has 49 heavy (non-hydrogen) atoms. The molecule has 0 unspecified atom stereocenters. The van der Waals surface area contributed by atoms with Gasteiger partial charge in [-0.15, -0.1) is 0 Å². The van der Waals surface area contributed by atoms with E-state index < -0.39 is 5.97 Å². The van der Waals surface area contributed by atoms with Gasteiger partial charge in [0.15, 0.2) is 5.78 Å². The third kappa shape index (κ3) is 6.71. The van der Waals surface area contributed by atoms with Crippen LogP contribution < -0.4 is 9.47 Å². The zero-order chi connectivity index (χ0) is 33.9. The van der Waals surface area contributed by atoms with Gasteiger partial charge in [-0.3, -0.25) is 4.79 Å². The van der Waals surface area contributed by atoms with Crippen molar-refractivity contribution in [3.05, 3.63) is 143 Å². The Hall–Kier alpha value is -6.02. The fourth-order valence-corrected chi connectivity index (χ4v) is 6.20. The molecule has 0 saturated heterocycles. The molecule has 8 nitrogen and oxygen atoms in total. The van der Waals surface area contributed by atoms with Crippen LogP contribution >= 0.6 is 0 Å². The van der Waals surface area contributed by atoms with Crippen LogP contribution in [0.4, 0.5) is 0 Å². The minimum Gasteiger partial charge on any atom is -0.493 e. The summed E-state index contributed by atoms with van der Waals surface area (Å²) in [5, 5.41) is 9.48. The van der Waals surface area contributed by atoms with Gasteiger partial charge in [-0.05, 0) is 78.4 Å². The molecular formula is C41H35N3O5. The second kappa shape index (κ2) is 13.6. The lowest BCUT2D eigenvalue weighted by atomic mass is 9.96. The molecule has 1 aliphatic heterocycles. The molecule has 1 N–H and O–H groups in total. The van der Waals surface area contributed by atoms with Crippen molar-refractivity contribution >= 4 is 22.8 Å². The van der Waals surface area contributed by atoms with Crippen LogP contribution in [0.5, 0.6) is 11.6 Å². The molecule has 1 aliphatic rings. The number of nitrogens with zero attached hydrogens (tertiary/aromatic N) is 3. The standard InChI is InChI=1S/C41H35N3O5/c1-3-6-37(45)27-12-10-26(11-13-27)29-14-17-33-25-49-40-9-4-8-34(43-40)30-15-16-31(38(23-30)48-20-5-7-28(33)21-29)24-39-42-35-19-18-32(41(46)47)22-36(35)44(39)2/h3-4,6,8-19,21-23H,5,7,20,24-25H2,1-2H3,(H,46,47)/b6-3-. The number of ether oxygens (including phenoxy) is 2. The Morgan fingerprint density at radius 1 is 0.837 bits per heavy atom. The summed E-state index contributed by atoms with van der Waals surface area (Å²) >= 11 is 0. The van der Waals surface area contributed by atoms with E-state index in [1.165, 1.54) is 0 Å². The highest BCUT2D eigenvalue weighted by Crippen LogP contribution is 2.31. The van der Waals surface area contributed by atoms with E-state index >= 15 is 0 Å². The van der Waals surface area contributed by atoms with Gasteiger partial charge in [-0.2, -0.15) is 0 Å². The molecular weight excluding hydrogens is 614 g/mol. The number of hydrogen-bond donors (Lipinski definition) is 1. The number of aromatic nitrogens is 3. The third-order valence-electron chi connectivity index (χ3n) is 8.91. The van der Waals surface area contributed by atoms with Crippen molar-refractivity contribution in [2.75, 3.05) is 6.61 Å². The zero-order valence-electron chi connectivity index (χ0n) is 27.3. The van der Waals surface area contributed by atoms with Crippen molar-refractivity contribution in [3.63, 3.8) is 0 Å². The molecule has 4 bridgehead atoms. The summed E-state index contributed by atoms with van der Waals surface area (Å²) in [7, 11) is 1.91. The molecule has 0 fully saturated rings. The lowest BCUT2D eigenvalue weighted by Gasteiger charge is -2.17. The van der Waals surface area contributed by atoms with Gasteiger partial charge < -0.3 is 19.1 Å². The number of ketones is 1. The van der Waals surface area contributed by atoms with Gasteiger partial charge in [0.1, 0.15) is 18.2 Å². The Labute approximate surface area is 284 Å². The molecule has 6 aromatic rings. The summed E-state index contributed by atoms with van der Waals surface area (Å²) in [6.45, 7) is 2.73. The highest BCUT2D eigenvalue weighted by Gasteiger charge is 2.16. The Balaban J connectivity index is 1.18. The van der Waals surface area contributed by atoms with E-state index in [-0.39, 0.29) is 11.3 Å². The number of aromatic carboxylic acids is 1. The van der Waals surface area contributed by atoms with Crippen LogP contribution in [0.25, 0.3) is 33.4 Å². The van der Waals surface area contributed by atoms with E-state index in [1.54, 1.807) is 30.4 Å². The summed E-state index contributed by atoms with van der Waals surface area (Å²) in [6.07, 6.45) is 5.39. The number of pyridine rings is 1. The maximum absolute atomic E-state index is 12.3. The Morgan fingerprint density at radius 3 is 2.45 bits per heavy atom. The predicted octanol–water partition coefficient (Wildman–Crippen LogP) is 8.25. The first-order chi connectivity index (χ1) is 23.9. The molecule has 0 atom stereocenters. The molecule has 0 saturated carbocycles. The number of carbonyl (C=O) groups excluding carboxylic acids is 1. The summed E-state index contributed by atoms with van der Waals surface area (Å²) in [6, 6.07) is 31.0. The number of aryl methyl sites for hydroxylation is 2. The summed E-state index contributed by atoms with van der Waals surface area (Å²) in [4.78, 5) is 33.5. The predicted molar refractivity (Wildman–Crippen MR) is 189 cm³/mol. The van der Waals surface area contributed by atoms with Crippen LogP contribution in [-0.4, -0.2) is 38.0 Å². The fraction of sp³-hybridized carbons (Fsp3) is 0.171. The number of benzene rings is 4. The van der Waals surface area contributed by atoms with E-state index in [1.807, 2.05) is 79.2 Å². The zero-order valence-corrected chi connectivity index (χ0v) is 27.3. The van der Waals surface area contributed by atoms with Gasteiger partial charge in [0, 0.05) is 36.2 Å². The first-order valence-corrected chi connectivity index (χ1v) is 16.3. The monoisotopic (exact) mass is 649 g/mol. The molecule has 0 aliphatic carbocycles. The van der Waals surface area contributed by atoms with E-state index in [4.69, 9.17) is 19.4 Å². The average molecular weight is 650 g/mol. The number of imidazole rings is 1. The van der Waals surface area contributed by atoms with Crippen LogP contribution in [0.3, 0.4) is 0 Å². The molecule has 8 heteroatoms. The highest BCUT2D eigenvalue weighted by molar-refractivity contribution is 6.04. The van der Waals surface area contributed by atoms with Crippen molar-refractivity contribution < 1.29 is 24.2 Å². The topological polar surface area (TPSA) is 104 Å². The van der Waals surface area contributed by atoms with Gasteiger partial charge >= 0.3 is 5.97 Å². The van der Waals surface area contributed by atoms with E-state index in [0.717, 1.165) is 74.5 Å². The van der Waals surface area contributed by atoms with Crippen LogP contribution in [0.15, 0.2) is 109 Å². The maximum Gasteiger partial charge on any atom is 0.335 e. The molecule has 0 radical (unpaired) electrons. The smallest absolute Gasteiger partial charge is 0.335 e. The largest absolute Gasteiger partial charge is 0.493 e. The van der Waals surface area contributed by atoms with Crippen molar-refractivity contribution in [1.29, 1.82) is 0 Å². The molecule has 244 valence electrons. The molecule has 0 amide bonds. The molecule has 2 aromatic heterocycles. The van der Waals surface area contributed by atoms with Crippen molar-refractivity contribution in [2.45, 2.75) is 32.8 Å². The van der Waals surface area contributed by atoms with E-state index in [2.05, 4.69) is 18.2 Å². The van der Waals surface area contributed by atoms with Crippen LogP contribution in [0.2, 0.25) is 0 Å². The Bertz CT molecular complexity index is 2230. The second-order valence-electron chi connectivity index (χ2n) is 12.1. The van der Waals surface area contributed by atoms with Crippen LogP contribution in [0.1, 0.15) is 56.6 Å². The Morgan fingerprint density at radius 2 is 1.63 bits per heavy atom. The first-order valence-electron chi connectivity index (χ1n) is 16.3. The molecule has 4 aromatic carbocycles. The van der Waals surface area contributed by atoms with Gasteiger partial charge in [-0.25, -0.2) is 14.8 Å². The maximum atomic E-state index is 12.3. The van der Waals surface area contributed by atoms with Crippen molar-refractivity contribution in [2.24, 2.45) is 7.05 Å². The number of fused-ring (bicyclic) bond motifs is 7. The second-order valence-corrected chi connectivity index (χ2v) is 12.1. The number of hydrogen-bond acceptors (Lipinski definition) is 6. The quantitative estimate of drug-likeness (QED) is 0.143. The van der Waals surface area contributed by atoms with Gasteiger partial charge in [0.2, 0.25) is 5.88 Å². The van der Waals surface area contributed by atoms with Gasteiger partial charge in [0.25, 0.3) is 0 Å². The number of carboxylic acid groups (broad SMARTS) is 1. The number of allylic oxidation sites excluding steroid dienone is 2. The molecule has 0 spiro atoms. The number of carbonyl (C=O) groups is 2. The molecule has 3 heterocycles. The van der Waals surface area contributed by atoms with E-state index in [9.17, 15) is 14.7 Å². The summed E-state index contributed by atoms with van der Waals surface area (Å²) < 4.78 is 14.7. The third-order valence-corrected chi connectivity index (χ3v) is 8.91. The van der Waals surface area contributed by atoms with Gasteiger partial charge in [-0.1, -0.05) is 66.7 Å². The summed E-state index contributed by atoms with van der Waals surface area (Å²) in [5.74, 6) is 1.12. The lowest BCUT2D eigenvalue weighted by Crippen LogP contribution is -2.07. The number of carboxylic acids is 1. The van der Waals surface area contributed by atoms with Crippen molar-refractivity contribution in [3.8, 4) is 34.0 Å². The Kier molecular flexibility index (Phi) is 8.77.